The maximum absolute atomic E-state index is 11.9. The van der Waals surface area contributed by atoms with E-state index in [4.69, 9.17) is 5.11 Å². The molecule has 0 fully saturated rings. The van der Waals surface area contributed by atoms with Gasteiger partial charge in [-0.3, -0.25) is 4.98 Å². The molecular weight excluding hydrogens is 422 g/mol. The molecule has 0 saturated heterocycles. The molecule has 0 aliphatic rings. The van der Waals surface area contributed by atoms with Crippen molar-refractivity contribution < 1.29 is 47.3 Å². The van der Waals surface area contributed by atoms with Crippen molar-refractivity contribution in [3.8, 4) is 0 Å². The average Bonchev–Trinajstić information content (AvgIpc) is 2.63. The van der Waals surface area contributed by atoms with E-state index in [2.05, 4.69) is 15.2 Å². The maximum Gasteiger partial charge on any atom is 0.0593 e. The van der Waals surface area contributed by atoms with Gasteiger partial charge >= 0.3 is 0 Å². The van der Waals surface area contributed by atoms with Gasteiger partial charge in [-0.15, -0.1) is 0 Å². The number of hydrogen-bond donors (Lipinski definition) is 1. The van der Waals surface area contributed by atoms with E-state index in [0.29, 0.717) is 16.8 Å². The molecule has 142 valence electrons. The van der Waals surface area contributed by atoms with Crippen LogP contribution in [0.25, 0.3) is 5.76 Å². The number of benzene rings is 1. The molecule has 0 aliphatic carbocycles. The fraction of sp³-hybridized carbons (Fsp3) is 0.118. The molecule has 0 radical (unpaired) electrons. The first kappa shape index (κ1) is 28.4. The molecule has 0 saturated carbocycles. The van der Waals surface area contributed by atoms with Gasteiger partial charge in [0.1, 0.15) is 0 Å². The molecule has 0 unspecified atom stereocenters. The van der Waals surface area contributed by atoms with Crippen LogP contribution in [0, 0.1) is 0 Å². The molecule has 0 atom stereocenters. The first-order valence-electron chi connectivity index (χ1n) is 6.75. The molecule has 8 nitrogen and oxygen atoms in total. The van der Waals surface area contributed by atoms with Crippen molar-refractivity contribution in [3.05, 3.63) is 72.1 Å². The Kier molecular flexibility index (Phi) is 17.6. The van der Waals surface area contributed by atoms with Crippen LogP contribution in [0.1, 0.15) is 18.1 Å². The fourth-order valence-corrected chi connectivity index (χ4v) is 1.58. The number of aliphatic hydroxyl groups excluding tert-OH is 1. The smallest absolute Gasteiger partial charge is 0.0593 e. The van der Waals surface area contributed by atoms with Gasteiger partial charge in [0, 0.05) is 46.5 Å². The van der Waals surface area contributed by atoms with Gasteiger partial charge in [-0.2, -0.15) is 10.2 Å². The summed E-state index contributed by atoms with van der Waals surface area (Å²) in [6.45, 7) is 1.62. The fourth-order valence-electron chi connectivity index (χ4n) is 1.58. The van der Waals surface area contributed by atoms with Crippen molar-refractivity contribution >= 4 is 17.4 Å². The Morgan fingerprint density at radius 2 is 1.46 bits per heavy atom. The van der Waals surface area contributed by atoms with Gasteiger partial charge in [0.05, 0.1) is 5.71 Å². The molecule has 2 aromatic rings. The molecule has 1 aromatic carbocycles. The average molecular weight is 439 g/mol. The van der Waals surface area contributed by atoms with E-state index >= 15 is 0 Å². The summed E-state index contributed by atoms with van der Waals surface area (Å²) in [6, 6.07) is 11.9. The zero-order valence-electron chi connectivity index (χ0n) is 14.1. The van der Waals surface area contributed by atoms with E-state index in [0.717, 1.165) is 7.11 Å². The van der Waals surface area contributed by atoms with Gasteiger partial charge in [-0.05, 0) is 36.3 Å². The molecule has 0 spiro atoms. The summed E-state index contributed by atoms with van der Waals surface area (Å²) >= 11 is 0. The van der Waals surface area contributed by atoms with Crippen LogP contribution < -0.4 is 10.2 Å². The summed E-state index contributed by atoms with van der Waals surface area (Å²) < 4.78 is 0. The van der Waals surface area contributed by atoms with E-state index in [1.54, 1.807) is 43.3 Å². The Hall–Kier alpha value is -2.38. The summed E-state index contributed by atoms with van der Waals surface area (Å²) in [5.41, 5.74) is 1.33. The zero-order valence-corrected chi connectivity index (χ0v) is 16.1. The maximum atomic E-state index is 11.9. The molecule has 2 rings (SSSR count). The van der Waals surface area contributed by atoms with E-state index < -0.39 is 5.90 Å². The van der Waals surface area contributed by atoms with Gasteiger partial charge < -0.3 is 26.3 Å². The SMILES string of the molecule is CC(/C=C(\[O-])c1ccccc1)=N\N=C(/[O-])c1ccncc1.CO.[Mo].[O-2].[O-2]. The van der Waals surface area contributed by atoms with Crippen molar-refractivity contribution in [2.75, 3.05) is 7.11 Å². The number of hydrogen-bond acceptors (Lipinski definition) is 6. The van der Waals surface area contributed by atoms with Crippen molar-refractivity contribution in [1.82, 2.24) is 4.98 Å². The summed E-state index contributed by atoms with van der Waals surface area (Å²) in [4.78, 5) is 3.82. The molecule has 1 N–H and O–H groups in total. The van der Waals surface area contributed by atoms with E-state index in [-0.39, 0.29) is 37.8 Å². The Labute approximate surface area is 166 Å². The minimum Gasteiger partial charge on any atom is -2.00 e. The third-order valence-corrected chi connectivity index (χ3v) is 2.62. The second-order valence-corrected chi connectivity index (χ2v) is 4.26. The van der Waals surface area contributed by atoms with Gasteiger partial charge in [0.15, 0.2) is 0 Å². The molecule has 26 heavy (non-hydrogen) atoms. The number of aliphatic hydroxyl groups is 1. The van der Waals surface area contributed by atoms with Crippen LogP contribution in [0.3, 0.4) is 0 Å². The normalized spacial score (nSPS) is 11.0. The van der Waals surface area contributed by atoms with E-state index in [1.807, 2.05) is 6.07 Å². The Morgan fingerprint density at radius 3 is 2.00 bits per heavy atom. The first-order valence-corrected chi connectivity index (χ1v) is 6.75. The Bertz CT molecular complexity index is 692. The quantitative estimate of drug-likeness (QED) is 0.239. The van der Waals surface area contributed by atoms with Gasteiger partial charge in [-0.1, -0.05) is 36.1 Å². The van der Waals surface area contributed by atoms with Crippen LogP contribution in [0.4, 0.5) is 0 Å². The molecular formula is C17H17MoN3O5-6. The van der Waals surface area contributed by atoms with Crippen LogP contribution in [0.5, 0.6) is 0 Å². The molecule has 0 aliphatic heterocycles. The Balaban J connectivity index is -0.00000102. The molecule has 0 amide bonds. The first-order chi connectivity index (χ1) is 11.2. The number of rotatable bonds is 4. The summed E-state index contributed by atoms with van der Waals surface area (Å²) in [7, 11) is 1.00. The van der Waals surface area contributed by atoms with E-state index in [9.17, 15) is 10.2 Å². The van der Waals surface area contributed by atoms with Crippen LogP contribution in [-0.4, -0.2) is 28.8 Å². The largest absolute Gasteiger partial charge is 2.00 e. The molecule has 1 heterocycles. The van der Waals surface area contributed by atoms with Crippen molar-refractivity contribution in [2.45, 2.75) is 6.92 Å². The standard InChI is InChI=1S/C16H15N3O2.CH4O.Mo.2O/c1-12(11-15(20)13-5-3-2-4-6-13)18-19-16(21)14-7-9-17-10-8-14;1-2;;;/h2-11,20H,1H3,(H,19,21);2H,1H3;;;/q;;;2*-2/p-2/b15-11-,18-12+;;;;. The second kappa shape index (κ2) is 16.1. The monoisotopic (exact) mass is 441 g/mol. The topological polar surface area (TPSA) is 161 Å². The van der Waals surface area contributed by atoms with Crippen molar-refractivity contribution in [1.29, 1.82) is 0 Å². The minimum atomic E-state index is -0.475. The van der Waals surface area contributed by atoms with Crippen LogP contribution in [0.15, 0.2) is 71.1 Å². The molecule has 9 heteroatoms. The number of aromatic nitrogens is 1. The van der Waals surface area contributed by atoms with Gasteiger partial charge in [0.2, 0.25) is 0 Å². The predicted molar refractivity (Wildman–Crippen MR) is 87.8 cm³/mol. The van der Waals surface area contributed by atoms with Crippen LogP contribution in [-0.2, 0) is 32.0 Å². The third-order valence-electron chi connectivity index (χ3n) is 2.62. The zero-order chi connectivity index (χ0) is 17.1. The van der Waals surface area contributed by atoms with Crippen LogP contribution in [0.2, 0.25) is 0 Å². The summed E-state index contributed by atoms with van der Waals surface area (Å²) in [6.07, 6.45) is 4.35. The number of nitrogens with zero attached hydrogens (tertiary/aromatic N) is 3. The van der Waals surface area contributed by atoms with Crippen LogP contribution >= 0.6 is 0 Å². The summed E-state index contributed by atoms with van der Waals surface area (Å²) in [5.74, 6) is -0.652. The predicted octanol–water partition coefficient (Wildman–Crippen LogP) is 0.334. The molecule has 1 aromatic heterocycles. The summed E-state index contributed by atoms with van der Waals surface area (Å²) in [5, 5.41) is 37.9. The van der Waals surface area contributed by atoms with Crippen molar-refractivity contribution in [2.24, 2.45) is 10.2 Å². The second-order valence-electron chi connectivity index (χ2n) is 4.26. The number of pyridine rings is 1. The van der Waals surface area contributed by atoms with Crippen molar-refractivity contribution in [3.63, 3.8) is 0 Å². The third kappa shape index (κ3) is 9.80. The van der Waals surface area contributed by atoms with Gasteiger partial charge in [0.25, 0.3) is 0 Å². The van der Waals surface area contributed by atoms with E-state index in [1.165, 1.54) is 18.5 Å². The number of allylic oxidation sites excluding steroid dienone is 1. The molecule has 0 bridgehead atoms. The Morgan fingerprint density at radius 1 is 0.923 bits per heavy atom. The minimum absolute atomic E-state index is 0. The van der Waals surface area contributed by atoms with Gasteiger partial charge in [-0.25, -0.2) is 0 Å².